The maximum Gasteiger partial charge on any atom is 0.119 e. The molecule has 0 spiro atoms. The zero-order valence-electron chi connectivity index (χ0n) is 10.1. The molecule has 2 aromatic rings. The summed E-state index contributed by atoms with van der Waals surface area (Å²) in [5, 5.41) is 11.2. The summed E-state index contributed by atoms with van der Waals surface area (Å²) in [4.78, 5) is 2.26. The number of anilines is 1. The zero-order chi connectivity index (χ0) is 12.1. The Kier molecular flexibility index (Phi) is 4.34. The fourth-order valence-electron chi connectivity index (χ4n) is 1.89. The molecule has 0 amide bonds. The van der Waals surface area contributed by atoms with E-state index in [9.17, 15) is 0 Å². The molecule has 0 unspecified atom stereocenters. The van der Waals surface area contributed by atoms with Crippen LogP contribution in [0.4, 0.5) is 5.00 Å². The molecule has 0 aliphatic heterocycles. The van der Waals surface area contributed by atoms with Crippen molar-refractivity contribution < 1.29 is 5.11 Å². The summed E-state index contributed by atoms with van der Waals surface area (Å²) in [5.74, 6) is 0. The molecule has 0 atom stereocenters. The molecule has 2 rings (SSSR count). The zero-order valence-corrected chi connectivity index (χ0v) is 10.9. The normalized spacial score (nSPS) is 10.9. The maximum atomic E-state index is 8.74. The number of benzene rings is 1. The number of fused-ring (bicyclic) bond motifs is 1. The third kappa shape index (κ3) is 2.96. The third-order valence-corrected chi connectivity index (χ3v) is 3.86. The second-order valence-corrected chi connectivity index (χ2v) is 4.96. The second kappa shape index (κ2) is 5.98. The van der Waals surface area contributed by atoms with E-state index >= 15 is 0 Å². The third-order valence-electron chi connectivity index (χ3n) is 2.86. The number of aliphatic hydroxyl groups is 1. The quantitative estimate of drug-likeness (QED) is 0.801. The van der Waals surface area contributed by atoms with Gasteiger partial charge in [0.15, 0.2) is 0 Å². The molecule has 92 valence electrons. The number of hydrogen-bond donors (Lipinski definition) is 1. The van der Waals surface area contributed by atoms with E-state index in [-0.39, 0.29) is 0 Å². The predicted molar refractivity (Wildman–Crippen MR) is 73.8 cm³/mol. The molecule has 1 aromatic carbocycles. The Morgan fingerprint density at radius 3 is 2.88 bits per heavy atom. The van der Waals surface area contributed by atoms with Gasteiger partial charge in [0.05, 0.1) is 5.52 Å². The van der Waals surface area contributed by atoms with Crippen LogP contribution in [0.15, 0.2) is 24.3 Å². The first-order chi connectivity index (χ1) is 8.33. The molecule has 0 aliphatic carbocycles. The highest BCUT2D eigenvalue weighted by molar-refractivity contribution is 7.11. The van der Waals surface area contributed by atoms with Crippen LogP contribution in [-0.4, -0.2) is 29.7 Å². The van der Waals surface area contributed by atoms with Crippen molar-refractivity contribution in [3.63, 3.8) is 0 Å². The molecule has 0 bridgehead atoms. The standard InChI is InChI=1S/C13H18N2OS/c1-15(9-5-2-6-10-16)13-11-7-3-4-8-12(11)14-17-13/h3-4,7-8,16H,2,5-6,9-10H2,1H3. The molecule has 4 heteroatoms. The van der Waals surface area contributed by atoms with Crippen molar-refractivity contribution in [2.45, 2.75) is 19.3 Å². The lowest BCUT2D eigenvalue weighted by Gasteiger charge is -2.16. The fraction of sp³-hybridized carbons (Fsp3) is 0.462. The first kappa shape index (κ1) is 12.3. The van der Waals surface area contributed by atoms with Crippen LogP contribution in [0.2, 0.25) is 0 Å². The van der Waals surface area contributed by atoms with Crippen LogP contribution in [-0.2, 0) is 0 Å². The number of hydrogen-bond acceptors (Lipinski definition) is 4. The van der Waals surface area contributed by atoms with Crippen molar-refractivity contribution in [1.29, 1.82) is 0 Å². The van der Waals surface area contributed by atoms with Gasteiger partial charge in [-0.1, -0.05) is 12.1 Å². The van der Waals surface area contributed by atoms with Gasteiger partial charge in [-0.15, -0.1) is 0 Å². The van der Waals surface area contributed by atoms with Gasteiger partial charge >= 0.3 is 0 Å². The number of nitrogens with zero attached hydrogens (tertiary/aromatic N) is 2. The van der Waals surface area contributed by atoms with Gasteiger partial charge in [0, 0.05) is 25.6 Å². The monoisotopic (exact) mass is 250 g/mol. The minimum atomic E-state index is 0.299. The lowest BCUT2D eigenvalue weighted by atomic mass is 10.2. The van der Waals surface area contributed by atoms with Gasteiger partial charge in [-0.2, -0.15) is 4.37 Å². The fourth-order valence-corrected chi connectivity index (χ4v) is 2.74. The van der Waals surface area contributed by atoms with Crippen LogP contribution in [0.25, 0.3) is 10.9 Å². The first-order valence-electron chi connectivity index (χ1n) is 5.99. The van der Waals surface area contributed by atoms with Crippen LogP contribution in [0.5, 0.6) is 0 Å². The molecule has 3 nitrogen and oxygen atoms in total. The number of unbranched alkanes of at least 4 members (excludes halogenated alkanes) is 2. The van der Waals surface area contributed by atoms with Crippen LogP contribution in [0, 0.1) is 0 Å². The van der Waals surface area contributed by atoms with Crippen LogP contribution < -0.4 is 4.90 Å². The molecule has 0 saturated carbocycles. The highest BCUT2D eigenvalue weighted by Gasteiger charge is 2.09. The van der Waals surface area contributed by atoms with Crippen molar-refractivity contribution >= 4 is 27.4 Å². The lowest BCUT2D eigenvalue weighted by molar-refractivity contribution is 0.283. The summed E-state index contributed by atoms with van der Waals surface area (Å²) in [6.45, 7) is 1.32. The minimum Gasteiger partial charge on any atom is -0.396 e. The van der Waals surface area contributed by atoms with Crippen molar-refractivity contribution in [1.82, 2.24) is 4.37 Å². The van der Waals surface area contributed by atoms with E-state index in [1.165, 1.54) is 10.4 Å². The summed E-state index contributed by atoms with van der Waals surface area (Å²) in [6.07, 6.45) is 3.10. The van der Waals surface area contributed by atoms with Crippen molar-refractivity contribution in [2.75, 3.05) is 25.1 Å². The van der Waals surface area contributed by atoms with Gasteiger partial charge in [0.2, 0.25) is 0 Å². The summed E-state index contributed by atoms with van der Waals surface area (Å²) < 4.78 is 4.44. The largest absolute Gasteiger partial charge is 0.396 e. The SMILES string of the molecule is CN(CCCCCO)c1snc2ccccc12. The molecule has 0 radical (unpaired) electrons. The van der Waals surface area contributed by atoms with Crippen LogP contribution in [0.3, 0.4) is 0 Å². The summed E-state index contributed by atoms with van der Waals surface area (Å²) in [6, 6.07) is 8.25. The van der Waals surface area contributed by atoms with Crippen LogP contribution >= 0.6 is 11.5 Å². The van der Waals surface area contributed by atoms with E-state index in [1.807, 2.05) is 6.07 Å². The van der Waals surface area contributed by atoms with Gasteiger partial charge in [0.1, 0.15) is 5.00 Å². The number of rotatable bonds is 6. The number of aromatic nitrogens is 1. The Bertz CT molecular complexity index is 469. The van der Waals surface area contributed by atoms with Gasteiger partial charge in [0.25, 0.3) is 0 Å². The molecular weight excluding hydrogens is 232 g/mol. The first-order valence-corrected chi connectivity index (χ1v) is 6.76. The maximum absolute atomic E-state index is 8.74. The Labute approximate surface area is 106 Å². The smallest absolute Gasteiger partial charge is 0.119 e. The van der Waals surface area contributed by atoms with Crippen molar-refractivity contribution in [3.8, 4) is 0 Å². The molecular formula is C13H18N2OS. The van der Waals surface area contributed by atoms with Crippen LogP contribution in [0.1, 0.15) is 19.3 Å². The summed E-state index contributed by atoms with van der Waals surface area (Å²) in [7, 11) is 2.11. The Hall–Kier alpha value is -1.13. The second-order valence-electron chi connectivity index (χ2n) is 4.21. The Morgan fingerprint density at radius 2 is 2.06 bits per heavy atom. The van der Waals surface area contributed by atoms with E-state index in [0.717, 1.165) is 31.3 Å². The van der Waals surface area contributed by atoms with Gasteiger partial charge in [-0.05, 0) is 42.9 Å². The Balaban J connectivity index is 2.01. The highest BCUT2D eigenvalue weighted by atomic mass is 32.1. The number of aliphatic hydroxyl groups excluding tert-OH is 1. The average Bonchev–Trinajstić information content (AvgIpc) is 2.78. The average molecular weight is 250 g/mol. The minimum absolute atomic E-state index is 0.299. The lowest BCUT2D eigenvalue weighted by Crippen LogP contribution is -2.17. The molecule has 0 aliphatic rings. The molecule has 1 N–H and O–H groups in total. The van der Waals surface area contributed by atoms with Gasteiger partial charge in [-0.3, -0.25) is 0 Å². The molecule has 17 heavy (non-hydrogen) atoms. The van der Waals surface area contributed by atoms with Gasteiger partial charge in [-0.25, -0.2) is 0 Å². The predicted octanol–water partition coefficient (Wildman–Crippen LogP) is 2.90. The molecule has 0 saturated heterocycles. The summed E-state index contributed by atoms with van der Waals surface area (Å²) in [5.41, 5.74) is 1.08. The molecule has 1 heterocycles. The van der Waals surface area contributed by atoms with Crippen molar-refractivity contribution in [3.05, 3.63) is 24.3 Å². The van der Waals surface area contributed by atoms with Crippen molar-refractivity contribution in [2.24, 2.45) is 0 Å². The summed E-state index contributed by atoms with van der Waals surface area (Å²) >= 11 is 1.56. The van der Waals surface area contributed by atoms with Gasteiger partial charge < -0.3 is 10.0 Å². The van der Waals surface area contributed by atoms with E-state index in [1.54, 1.807) is 11.5 Å². The highest BCUT2D eigenvalue weighted by Crippen LogP contribution is 2.30. The molecule has 1 aromatic heterocycles. The van der Waals surface area contributed by atoms with E-state index in [2.05, 4.69) is 34.5 Å². The van der Waals surface area contributed by atoms with E-state index in [0.29, 0.717) is 6.61 Å². The van der Waals surface area contributed by atoms with E-state index < -0.39 is 0 Å². The Morgan fingerprint density at radius 1 is 1.24 bits per heavy atom. The van der Waals surface area contributed by atoms with E-state index in [4.69, 9.17) is 5.11 Å². The topological polar surface area (TPSA) is 36.4 Å². The molecule has 0 fully saturated rings.